The Bertz CT molecular complexity index is 393. The van der Waals surface area contributed by atoms with Crippen molar-refractivity contribution in [3.05, 3.63) is 23.3 Å². The van der Waals surface area contributed by atoms with Gasteiger partial charge in [0.15, 0.2) is 0 Å². The van der Waals surface area contributed by atoms with E-state index in [4.69, 9.17) is 9.47 Å². The third-order valence-corrected chi connectivity index (χ3v) is 3.68. The Morgan fingerprint density at radius 3 is 3.07 bits per heavy atom. The van der Waals surface area contributed by atoms with Gasteiger partial charge in [0, 0.05) is 17.4 Å². The second-order valence-corrected chi connectivity index (χ2v) is 4.36. The smallest absolute Gasteiger partial charge is 0.223 e. The van der Waals surface area contributed by atoms with Crippen LogP contribution in [0.15, 0.2) is 23.3 Å². The van der Waals surface area contributed by atoms with Crippen molar-refractivity contribution in [1.29, 1.82) is 0 Å². The van der Waals surface area contributed by atoms with E-state index in [1.807, 2.05) is 0 Å². The average Bonchev–Trinajstić information content (AvgIpc) is 2.89. The lowest BCUT2D eigenvalue weighted by molar-refractivity contribution is -0.144. The van der Waals surface area contributed by atoms with E-state index in [1.54, 1.807) is 0 Å². The van der Waals surface area contributed by atoms with E-state index in [9.17, 15) is 4.79 Å². The minimum Gasteiger partial charge on any atom is -0.343 e. The van der Waals surface area contributed by atoms with Crippen molar-refractivity contribution < 1.29 is 14.3 Å². The van der Waals surface area contributed by atoms with Crippen molar-refractivity contribution in [1.82, 2.24) is 0 Å². The number of hydrogen-bond donors (Lipinski definition) is 0. The summed E-state index contributed by atoms with van der Waals surface area (Å²) in [5.41, 5.74) is 2.23. The van der Waals surface area contributed by atoms with E-state index in [-0.39, 0.29) is 11.9 Å². The van der Waals surface area contributed by atoms with Crippen LogP contribution >= 0.6 is 0 Å². The number of rotatable bonds is 0. The van der Waals surface area contributed by atoms with Crippen molar-refractivity contribution in [3.8, 4) is 0 Å². The van der Waals surface area contributed by atoms with Gasteiger partial charge < -0.3 is 9.47 Å². The highest BCUT2D eigenvalue weighted by molar-refractivity contribution is 6.01. The molecule has 0 aromatic carbocycles. The molecule has 1 fully saturated rings. The quantitative estimate of drug-likeness (QED) is 0.530. The summed E-state index contributed by atoms with van der Waals surface area (Å²) in [6.07, 6.45) is 4.92. The van der Waals surface area contributed by atoms with Crippen LogP contribution in [0.25, 0.3) is 0 Å². The molecule has 0 N–H and O–H groups in total. The standard InChI is InChI=1S/C11H10O3/c12-10-9-6-2-1-5(3-6)8(9)7-4-13-11(10)14-7/h1-2,5-7,11H,3-4H2/t5-,6+,7+,11+/m0/s1. The van der Waals surface area contributed by atoms with E-state index >= 15 is 0 Å². The van der Waals surface area contributed by atoms with Crippen LogP contribution in [0.5, 0.6) is 0 Å². The Kier molecular flexibility index (Phi) is 1.15. The van der Waals surface area contributed by atoms with E-state index in [2.05, 4.69) is 12.2 Å². The van der Waals surface area contributed by atoms with Crippen LogP contribution in [0.1, 0.15) is 6.42 Å². The van der Waals surface area contributed by atoms with E-state index in [1.165, 1.54) is 5.57 Å². The molecule has 4 bridgehead atoms. The van der Waals surface area contributed by atoms with Crippen molar-refractivity contribution in [2.45, 2.75) is 18.8 Å². The minimum absolute atomic E-state index is 0.0626. The molecular weight excluding hydrogens is 180 g/mol. The Balaban J connectivity index is 1.91. The fraction of sp³-hybridized carbons (Fsp3) is 0.545. The summed E-state index contributed by atoms with van der Waals surface area (Å²) in [6.45, 7) is 0.562. The molecule has 3 nitrogen and oxygen atoms in total. The third kappa shape index (κ3) is 0.666. The van der Waals surface area contributed by atoms with Gasteiger partial charge in [0.05, 0.1) is 6.61 Å². The number of allylic oxidation sites excluding steroid dienone is 2. The predicted octanol–water partition coefficient (Wildman–Crippen LogP) is 0.813. The summed E-state index contributed by atoms with van der Waals surface area (Å²) < 4.78 is 10.8. The minimum atomic E-state index is -0.591. The normalized spacial score (nSPS) is 47.9. The lowest BCUT2D eigenvalue weighted by atomic mass is 9.89. The highest BCUT2D eigenvalue weighted by atomic mass is 16.7. The molecule has 0 spiro atoms. The second-order valence-electron chi connectivity index (χ2n) is 4.36. The molecular formula is C11H10O3. The van der Waals surface area contributed by atoms with Crippen LogP contribution in [0.4, 0.5) is 0 Å². The molecule has 0 aromatic heterocycles. The number of ether oxygens (including phenoxy) is 2. The molecule has 4 aliphatic rings. The molecule has 4 rings (SSSR count). The Morgan fingerprint density at radius 1 is 1.29 bits per heavy atom. The first kappa shape index (κ1) is 7.37. The predicted molar refractivity (Wildman–Crippen MR) is 47.4 cm³/mol. The Hall–Kier alpha value is -0.930. The largest absolute Gasteiger partial charge is 0.343 e. The maximum atomic E-state index is 11.9. The van der Waals surface area contributed by atoms with Gasteiger partial charge in [0.25, 0.3) is 0 Å². The highest BCUT2D eigenvalue weighted by Gasteiger charge is 2.51. The number of carbonyl (C=O) groups excluding carboxylic acids is 1. The monoisotopic (exact) mass is 190 g/mol. The number of ketones is 1. The van der Waals surface area contributed by atoms with Gasteiger partial charge in [-0.2, -0.15) is 0 Å². The molecule has 72 valence electrons. The highest BCUT2D eigenvalue weighted by Crippen LogP contribution is 2.50. The van der Waals surface area contributed by atoms with Crippen LogP contribution in [-0.4, -0.2) is 24.8 Å². The maximum Gasteiger partial charge on any atom is 0.223 e. The second kappa shape index (κ2) is 2.18. The molecule has 14 heavy (non-hydrogen) atoms. The zero-order valence-electron chi connectivity index (χ0n) is 7.60. The van der Waals surface area contributed by atoms with Gasteiger partial charge in [0.1, 0.15) is 6.10 Å². The molecule has 2 aliphatic carbocycles. The van der Waals surface area contributed by atoms with E-state index in [0.717, 1.165) is 12.0 Å². The first-order valence-corrected chi connectivity index (χ1v) is 5.08. The van der Waals surface area contributed by atoms with Crippen molar-refractivity contribution in [2.24, 2.45) is 11.8 Å². The van der Waals surface area contributed by atoms with Gasteiger partial charge >= 0.3 is 0 Å². The SMILES string of the molecule is O=C1C2=C([C@H]3C=C[C@@H]2C3)[C@H]2CO[C@@H]1O2. The summed E-state index contributed by atoms with van der Waals surface area (Å²) in [5, 5.41) is 0. The molecule has 2 aliphatic heterocycles. The fourth-order valence-corrected chi connectivity index (χ4v) is 3.12. The van der Waals surface area contributed by atoms with Gasteiger partial charge in [-0.1, -0.05) is 12.2 Å². The molecule has 3 heteroatoms. The summed E-state index contributed by atoms with van der Waals surface area (Å²) in [7, 11) is 0. The van der Waals surface area contributed by atoms with Crippen LogP contribution in [-0.2, 0) is 14.3 Å². The number of hydrogen-bond acceptors (Lipinski definition) is 3. The lowest BCUT2D eigenvalue weighted by Crippen LogP contribution is -2.33. The van der Waals surface area contributed by atoms with Gasteiger partial charge in [0.2, 0.25) is 12.1 Å². The Morgan fingerprint density at radius 2 is 2.14 bits per heavy atom. The van der Waals surface area contributed by atoms with E-state index < -0.39 is 6.29 Å². The third-order valence-electron chi connectivity index (χ3n) is 3.68. The van der Waals surface area contributed by atoms with E-state index in [0.29, 0.717) is 18.4 Å². The lowest BCUT2D eigenvalue weighted by Gasteiger charge is -2.24. The van der Waals surface area contributed by atoms with Gasteiger partial charge in [-0.05, 0) is 12.0 Å². The topological polar surface area (TPSA) is 35.5 Å². The van der Waals surface area contributed by atoms with Gasteiger partial charge in [-0.3, -0.25) is 4.79 Å². The molecule has 0 aromatic rings. The van der Waals surface area contributed by atoms with Gasteiger partial charge in [-0.25, -0.2) is 0 Å². The zero-order chi connectivity index (χ0) is 9.28. The van der Waals surface area contributed by atoms with Crippen molar-refractivity contribution in [2.75, 3.05) is 6.61 Å². The summed E-state index contributed by atoms with van der Waals surface area (Å²) in [6, 6.07) is 0. The Labute approximate surface area is 81.4 Å². The number of Topliss-reactive ketones (excluding diaryl/α,β-unsaturated/α-hetero) is 1. The van der Waals surface area contributed by atoms with Crippen LogP contribution < -0.4 is 0 Å². The maximum absolute atomic E-state index is 11.9. The molecule has 0 radical (unpaired) electrons. The summed E-state index contributed by atoms with van der Waals surface area (Å²) in [5.74, 6) is 0.885. The van der Waals surface area contributed by atoms with Gasteiger partial charge in [-0.15, -0.1) is 0 Å². The van der Waals surface area contributed by atoms with Crippen LogP contribution in [0, 0.1) is 11.8 Å². The number of fused-ring (bicyclic) bond motifs is 7. The average molecular weight is 190 g/mol. The first-order chi connectivity index (χ1) is 6.84. The first-order valence-electron chi connectivity index (χ1n) is 5.08. The van der Waals surface area contributed by atoms with Crippen molar-refractivity contribution >= 4 is 5.78 Å². The number of carbonyl (C=O) groups is 1. The molecule has 0 unspecified atom stereocenters. The van der Waals surface area contributed by atoms with Crippen molar-refractivity contribution in [3.63, 3.8) is 0 Å². The molecule has 4 atom stereocenters. The summed E-state index contributed by atoms with van der Waals surface area (Å²) in [4.78, 5) is 11.9. The summed E-state index contributed by atoms with van der Waals surface area (Å²) >= 11 is 0. The fourth-order valence-electron chi connectivity index (χ4n) is 3.12. The molecule has 0 amide bonds. The molecule has 1 saturated heterocycles. The van der Waals surface area contributed by atoms with Crippen LogP contribution in [0.2, 0.25) is 0 Å². The zero-order valence-corrected chi connectivity index (χ0v) is 7.60. The van der Waals surface area contributed by atoms with Crippen LogP contribution in [0.3, 0.4) is 0 Å². The molecule has 2 heterocycles. The molecule has 0 saturated carbocycles.